The van der Waals surface area contributed by atoms with E-state index in [1.54, 1.807) is 6.26 Å². The van der Waals surface area contributed by atoms with Crippen molar-refractivity contribution in [3.63, 3.8) is 0 Å². The number of hydrogen-bond donors (Lipinski definition) is 2. The van der Waals surface area contributed by atoms with Crippen LogP contribution in [0.1, 0.15) is 24.1 Å². The second-order valence-electron chi connectivity index (χ2n) is 7.18. The Labute approximate surface area is 164 Å². The highest BCUT2D eigenvalue weighted by Crippen LogP contribution is 2.35. The first-order chi connectivity index (χ1) is 13.5. The largest absolute Gasteiger partial charge is 0.506 e. The van der Waals surface area contributed by atoms with Crippen molar-refractivity contribution in [3.8, 4) is 5.75 Å². The molecule has 2 saturated heterocycles. The summed E-state index contributed by atoms with van der Waals surface area (Å²) < 4.78 is 34.7. The second-order valence-corrected chi connectivity index (χ2v) is 8.33. The normalized spacial score (nSPS) is 23.2. The number of phenols is 1. The Bertz CT molecular complexity index is 869. The van der Waals surface area contributed by atoms with Gasteiger partial charge in [0.1, 0.15) is 24.2 Å². The number of oxazole rings is 1. The van der Waals surface area contributed by atoms with Crippen LogP contribution in [0.3, 0.4) is 0 Å². The summed E-state index contributed by atoms with van der Waals surface area (Å²) in [5.74, 6) is -1.14. The molecule has 8 nitrogen and oxygen atoms in total. The monoisotopic (exact) mass is 408 g/mol. The van der Waals surface area contributed by atoms with E-state index >= 15 is 0 Å². The number of phenolic OH excluding ortho intramolecular Hbond substituents is 1. The molecule has 0 bridgehead atoms. The summed E-state index contributed by atoms with van der Waals surface area (Å²) in [5, 5.41) is 10.3. The molecule has 10 heteroatoms. The number of likely N-dealkylation sites (tertiary alicyclic amines) is 1. The molecule has 2 aliphatic heterocycles. The third-order valence-corrected chi connectivity index (χ3v) is 6.15. The van der Waals surface area contributed by atoms with Crippen LogP contribution in [0.5, 0.6) is 5.75 Å². The third-order valence-electron chi connectivity index (χ3n) is 5.04. The van der Waals surface area contributed by atoms with Crippen LogP contribution >= 0.6 is 0 Å². The van der Waals surface area contributed by atoms with Crippen molar-refractivity contribution < 1.29 is 22.9 Å². The maximum absolute atomic E-state index is 14.6. The molecule has 4 rings (SSSR count). The summed E-state index contributed by atoms with van der Waals surface area (Å²) in [6, 6.07) is 2.85. The summed E-state index contributed by atoms with van der Waals surface area (Å²) >= 11 is -1.88. The summed E-state index contributed by atoms with van der Waals surface area (Å²) in [6.07, 6.45) is 5.74. The molecule has 1 amide bonds. The van der Waals surface area contributed by atoms with Gasteiger partial charge in [-0.1, -0.05) is 0 Å². The Balaban J connectivity index is 1.45. The van der Waals surface area contributed by atoms with Crippen LogP contribution in [-0.4, -0.2) is 44.7 Å². The number of carbonyl (C=O) groups excluding carboxylic acids is 1. The number of amides is 1. The lowest BCUT2D eigenvalue weighted by molar-refractivity contribution is -0.117. The van der Waals surface area contributed by atoms with Crippen molar-refractivity contribution in [2.75, 3.05) is 23.9 Å². The summed E-state index contributed by atoms with van der Waals surface area (Å²) in [5.41, 5.74) is 1.35. The first kappa shape index (κ1) is 18.9. The number of nitrogens with zero attached hydrogens (tertiary/aromatic N) is 3. The van der Waals surface area contributed by atoms with Crippen molar-refractivity contribution in [3.05, 3.63) is 41.9 Å². The van der Waals surface area contributed by atoms with Gasteiger partial charge < -0.3 is 9.52 Å². The SMILES string of the molecule is O=C1CN(c2c(O)cc(CC3CCCN(Cc4cocn4)C3)cc2F)S(=O)N1. The predicted molar refractivity (Wildman–Crippen MR) is 99.9 cm³/mol. The van der Waals surface area contributed by atoms with Gasteiger partial charge in [0.2, 0.25) is 11.2 Å². The molecule has 3 heterocycles. The average Bonchev–Trinajstić information content (AvgIpc) is 3.24. The van der Waals surface area contributed by atoms with Crippen molar-refractivity contribution in [1.82, 2.24) is 14.6 Å². The highest BCUT2D eigenvalue weighted by molar-refractivity contribution is 7.85. The van der Waals surface area contributed by atoms with Crippen LogP contribution in [0.25, 0.3) is 0 Å². The molecule has 2 N–H and O–H groups in total. The summed E-state index contributed by atoms with van der Waals surface area (Å²) in [4.78, 5) is 17.8. The van der Waals surface area contributed by atoms with E-state index in [1.165, 1.54) is 18.5 Å². The van der Waals surface area contributed by atoms with Crippen molar-refractivity contribution >= 4 is 22.8 Å². The van der Waals surface area contributed by atoms with Crippen LogP contribution in [0.4, 0.5) is 10.1 Å². The number of benzene rings is 1. The van der Waals surface area contributed by atoms with Gasteiger partial charge in [-0.15, -0.1) is 0 Å². The van der Waals surface area contributed by atoms with Gasteiger partial charge in [-0.05, 0) is 49.4 Å². The minimum Gasteiger partial charge on any atom is -0.506 e. The highest BCUT2D eigenvalue weighted by atomic mass is 32.2. The number of hydrogen-bond acceptors (Lipinski definition) is 6. The van der Waals surface area contributed by atoms with Crippen LogP contribution in [0.15, 0.2) is 29.2 Å². The Morgan fingerprint density at radius 2 is 2.29 bits per heavy atom. The van der Waals surface area contributed by atoms with Crippen LogP contribution < -0.4 is 9.03 Å². The van der Waals surface area contributed by atoms with E-state index in [4.69, 9.17) is 4.42 Å². The van der Waals surface area contributed by atoms with Gasteiger partial charge in [-0.25, -0.2) is 13.6 Å². The van der Waals surface area contributed by atoms with Crippen molar-refractivity contribution in [2.24, 2.45) is 5.92 Å². The van der Waals surface area contributed by atoms with E-state index in [9.17, 15) is 18.5 Å². The first-order valence-corrected chi connectivity index (χ1v) is 10.2. The molecule has 2 atom stereocenters. The molecule has 0 aliphatic carbocycles. The smallest absolute Gasteiger partial charge is 0.253 e. The number of anilines is 1. The van der Waals surface area contributed by atoms with Gasteiger partial charge >= 0.3 is 0 Å². The summed E-state index contributed by atoms with van der Waals surface area (Å²) in [7, 11) is 0. The molecular weight excluding hydrogens is 387 g/mol. The number of rotatable bonds is 5. The predicted octanol–water partition coefficient (Wildman–Crippen LogP) is 1.49. The molecule has 2 aromatic rings. The lowest BCUT2D eigenvalue weighted by Crippen LogP contribution is -2.35. The number of aromatic nitrogens is 1. The van der Waals surface area contributed by atoms with Crippen molar-refractivity contribution in [2.45, 2.75) is 25.8 Å². The Morgan fingerprint density at radius 3 is 2.96 bits per heavy atom. The van der Waals surface area contributed by atoms with E-state index in [1.807, 2.05) is 0 Å². The fourth-order valence-corrected chi connectivity index (χ4v) is 4.83. The van der Waals surface area contributed by atoms with Crippen LogP contribution in [0.2, 0.25) is 0 Å². The lowest BCUT2D eigenvalue weighted by atomic mass is 9.91. The average molecular weight is 408 g/mol. The number of nitrogens with one attached hydrogen (secondary N) is 1. The van der Waals surface area contributed by atoms with E-state index in [0.29, 0.717) is 24.4 Å². The zero-order valence-corrected chi connectivity index (χ0v) is 16.0. The van der Waals surface area contributed by atoms with Crippen LogP contribution in [0, 0.1) is 11.7 Å². The Hall–Kier alpha value is -2.46. The maximum Gasteiger partial charge on any atom is 0.253 e. The van der Waals surface area contributed by atoms with E-state index in [-0.39, 0.29) is 18.0 Å². The van der Waals surface area contributed by atoms with Gasteiger partial charge in [0, 0.05) is 13.1 Å². The minimum atomic E-state index is -1.88. The quantitative estimate of drug-likeness (QED) is 0.778. The molecule has 28 heavy (non-hydrogen) atoms. The van der Waals surface area contributed by atoms with Gasteiger partial charge in [0.05, 0.1) is 5.69 Å². The summed E-state index contributed by atoms with van der Waals surface area (Å²) in [6.45, 7) is 2.29. The Morgan fingerprint density at radius 1 is 1.43 bits per heavy atom. The highest BCUT2D eigenvalue weighted by Gasteiger charge is 2.31. The number of aromatic hydroxyl groups is 1. The first-order valence-electron chi connectivity index (χ1n) is 9.09. The molecule has 0 radical (unpaired) electrons. The van der Waals surface area contributed by atoms with Gasteiger partial charge in [0.15, 0.2) is 12.2 Å². The molecule has 2 aliphatic rings. The molecule has 1 aromatic heterocycles. The molecule has 0 saturated carbocycles. The number of piperidine rings is 1. The van der Waals surface area contributed by atoms with E-state index < -0.39 is 22.9 Å². The topological polar surface area (TPSA) is 98.9 Å². The molecule has 2 unspecified atom stereocenters. The molecular formula is C18H21FN4O4S. The zero-order valence-electron chi connectivity index (χ0n) is 15.1. The molecule has 2 fully saturated rings. The molecule has 150 valence electrons. The second kappa shape index (κ2) is 7.88. The van der Waals surface area contributed by atoms with Gasteiger partial charge in [-0.3, -0.25) is 18.7 Å². The van der Waals surface area contributed by atoms with Gasteiger partial charge in [0.25, 0.3) is 5.91 Å². The fraction of sp³-hybridized carbons (Fsp3) is 0.444. The van der Waals surface area contributed by atoms with E-state index in [2.05, 4.69) is 14.6 Å². The minimum absolute atomic E-state index is 0.211. The number of halogens is 1. The van der Waals surface area contributed by atoms with Crippen molar-refractivity contribution in [1.29, 1.82) is 0 Å². The van der Waals surface area contributed by atoms with Gasteiger partial charge in [-0.2, -0.15) is 0 Å². The fourth-order valence-electron chi connectivity index (χ4n) is 3.88. The third kappa shape index (κ3) is 4.02. The Kier molecular flexibility index (Phi) is 5.31. The van der Waals surface area contributed by atoms with E-state index in [0.717, 1.165) is 35.9 Å². The lowest BCUT2D eigenvalue weighted by Gasteiger charge is -2.32. The number of carbonyl (C=O) groups is 1. The zero-order chi connectivity index (χ0) is 19.7. The molecule has 0 spiro atoms. The standard InChI is InChI=1S/C18H21FN4O4S/c19-15-5-13(6-16(24)18(15)23-9-17(25)21-28(23)26)4-12-2-1-3-22(7-12)8-14-10-27-11-20-14/h5-6,10-12,24H,1-4,7-9H2,(H,21,25). The molecule has 1 aromatic carbocycles. The maximum atomic E-state index is 14.6. The van der Waals surface area contributed by atoms with Crippen LogP contribution in [-0.2, 0) is 28.9 Å².